The third kappa shape index (κ3) is 7.90. The van der Waals surface area contributed by atoms with Crippen molar-refractivity contribution in [3.63, 3.8) is 0 Å². The van der Waals surface area contributed by atoms with E-state index < -0.39 is 10.0 Å². The van der Waals surface area contributed by atoms with Gasteiger partial charge in [0.05, 0.1) is 17.3 Å². The first-order valence-electron chi connectivity index (χ1n) is 12.9. The quantitative estimate of drug-likeness (QED) is 0.166. The molecule has 3 aromatic rings. The highest BCUT2D eigenvalue weighted by atomic mass is 32.2. The van der Waals surface area contributed by atoms with Crippen LogP contribution < -0.4 is 10.1 Å². The molecule has 0 aliphatic carbocycles. The molecule has 10 nitrogen and oxygen atoms in total. The Balaban J connectivity index is 1.77. The maximum atomic E-state index is 13.0. The van der Waals surface area contributed by atoms with Crippen LogP contribution >= 0.6 is 11.8 Å². The first-order chi connectivity index (χ1) is 18.7. The van der Waals surface area contributed by atoms with Gasteiger partial charge in [0.2, 0.25) is 15.9 Å². The van der Waals surface area contributed by atoms with Crippen molar-refractivity contribution in [1.82, 2.24) is 24.4 Å². The monoisotopic (exact) mass is 573 g/mol. The fourth-order valence-electron chi connectivity index (χ4n) is 3.92. The van der Waals surface area contributed by atoms with Crippen LogP contribution in [0.1, 0.15) is 50.3 Å². The second-order valence-corrected chi connectivity index (χ2v) is 11.5. The topological polar surface area (TPSA) is 123 Å². The SMILES string of the molecule is CCOc1ccc(-n2c(CCCNC(C)=O)nnc2SCC(=O)c2ccc(S(=O)(=O)N(CC)CC)cc2)cc1. The fraction of sp³-hybridized carbons (Fsp3) is 0.407. The molecule has 0 aliphatic rings. The zero-order chi connectivity index (χ0) is 28.4. The zero-order valence-electron chi connectivity index (χ0n) is 22.7. The highest BCUT2D eigenvalue weighted by molar-refractivity contribution is 7.99. The lowest BCUT2D eigenvalue weighted by Crippen LogP contribution is -2.30. The molecule has 0 bridgehead atoms. The predicted octanol–water partition coefficient (Wildman–Crippen LogP) is 3.74. The molecule has 1 amide bonds. The second kappa shape index (κ2) is 14.2. The highest BCUT2D eigenvalue weighted by Gasteiger charge is 2.22. The van der Waals surface area contributed by atoms with E-state index in [4.69, 9.17) is 4.74 Å². The Morgan fingerprint density at radius 2 is 1.67 bits per heavy atom. The molecule has 0 saturated heterocycles. The van der Waals surface area contributed by atoms with Crippen LogP contribution in [0.5, 0.6) is 5.75 Å². The molecule has 0 unspecified atom stereocenters. The lowest BCUT2D eigenvalue weighted by atomic mass is 10.1. The molecule has 0 fully saturated rings. The van der Waals surface area contributed by atoms with Gasteiger partial charge < -0.3 is 10.1 Å². The lowest BCUT2D eigenvalue weighted by Gasteiger charge is -2.18. The minimum atomic E-state index is -3.59. The van der Waals surface area contributed by atoms with Gasteiger partial charge in [0.25, 0.3) is 0 Å². The van der Waals surface area contributed by atoms with Crippen molar-refractivity contribution in [2.45, 2.75) is 50.6 Å². The number of sulfonamides is 1. The number of carbonyl (C=O) groups excluding carboxylic acids is 2. The highest BCUT2D eigenvalue weighted by Crippen LogP contribution is 2.26. The van der Waals surface area contributed by atoms with Gasteiger partial charge in [-0.1, -0.05) is 37.7 Å². The van der Waals surface area contributed by atoms with E-state index in [0.29, 0.717) is 55.6 Å². The van der Waals surface area contributed by atoms with Crippen LogP contribution in [0.3, 0.4) is 0 Å². The molecule has 3 rings (SSSR count). The van der Waals surface area contributed by atoms with E-state index in [2.05, 4.69) is 15.5 Å². The second-order valence-electron chi connectivity index (χ2n) is 8.57. The molecule has 0 aliphatic heterocycles. The van der Waals surface area contributed by atoms with Crippen LogP contribution in [-0.4, -0.2) is 71.2 Å². The number of benzene rings is 2. The molecule has 0 radical (unpaired) electrons. The number of aryl methyl sites for hydroxylation is 1. The van der Waals surface area contributed by atoms with Crippen molar-refractivity contribution in [3.8, 4) is 11.4 Å². The van der Waals surface area contributed by atoms with E-state index in [1.165, 1.54) is 35.1 Å². The average molecular weight is 574 g/mol. The minimum Gasteiger partial charge on any atom is -0.494 e. The summed E-state index contributed by atoms with van der Waals surface area (Å²) in [5.74, 6) is 1.32. The number of rotatable bonds is 15. The number of nitrogens with one attached hydrogen (secondary N) is 1. The van der Waals surface area contributed by atoms with Crippen molar-refractivity contribution < 1.29 is 22.7 Å². The number of hydrogen-bond acceptors (Lipinski definition) is 8. The van der Waals surface area contributed by atoms with E-state index >= 15 is 0 Å². The summed E-state index contributed by atoms with van der Waals surface area (Å²) in [5, 5.41) is 12.0. The number of thioether (sulfide) groups is 1. The number of ether oxygens (including phenoxy) is 1. The van der Waals surface area contributed by atoms with Crippen molar-refractivity contribution in [2.75, 3.05) is 32.0 Å². The largest absolute Gasteiger partial charge is 0.494 e. The van der Waals surface area contributed by atoms with Crippen LogP contribution in [-0.2, 0) is 21.2 Å². The van der Waals surface area contributed by atoms with E-state index in [1.807, 2.05) is 35.8 Å². The molecule has 0 atom stereocenters. The molecule has 1 N–H and O–H groups in total. The number of Topliss-reactive ketones (excluding diaryl/α,β-unsaturated/α-hetero) is 1. The predicted molar refractivity (Wildman–Crippen MR) is 151 cm³/mol. The minimum absolute atomic E-state index is 0.0866. The standard InChI is InChI=1S/C27H35N5O5S2/c1-5-31(6-2)39(35,36)24-16-10-21(11-17-24)25(34)19-38-27-30-29-26(9-8-18-28-20(4)33)32(27)22-12-14-23(15-13-22)37-7-3/h10-17H,5-9,18-19H2,1-4H3,(H,28,33). The number of ketones is 1. The van der Waals surface area contributed by atoms with E-state index in [0.717, 1.165) is 11.4 Å². The van der Waals surface area contributed by atoms with E-state index in [9.17, 15) is 18.0 Å². The Morgan fingerprint density at radius 1 is 1.00 bits per heavy atom. The van der Waals surface area contributed by atoms with Crippen molar-refractivity contribution in [3.05, 3.63) is 59.9 Å². The Labute approximate surface area is 234 Å². The number of amides is 1. The number of nitrogens with zero attached hydrogens (tertiary/aromatic N) is 4. The molecule has 1 heterocycles. The smallest absolute Gasteiger partial charge is 0.243 e. The van der Waals surface area contributed by atoms with Gasteiger partial charge in [0.1, 0.15) is 11.6 Å². The number of carbonyl (C=O) groups is 2. The molecule has 39 heavy (non-hydrogen) atoms. The Kier molecular flexibility index (Phi) is 11.1. The van der Waals surface area contributed by atoms with E-state index in [1.54, 1.807) is 26.0 Å². The zero-order valence-corrected chi connectivity index (χ0v) is 24.3. The molecule has 12 heteroatoms. The summed E-state index contributed by atoms with van der Waals surface area (Å²) in [6.07, 6.45) is 1.26. The van der Waals surface area contributed by atoms with Crippen LogP contribution in [0.2, 0.25) is 0 Å². The van der Waals surface area contributed by atoms with Gasteiger partial charge in [-0.2, -0.15) is 4.31 Å². The average Bonchev–Trinajstić information content (AvgIpc) is 3.33. The lowest BCUT2D eigenvalue weighted by molar-refractivity contribution is -0.118. The van der Waals surface area contributed by atoms with Crippen LogP contribution in [0.25, 0.3) is 5.69 Å². The number of hydrogen-bond donors (Lipinski definition) is 1. The van der Waals surface area contributed by atoms with Gasteiger partial charge in [0, 0.05) is 44.2 Å². The maximum Gasteiger partial charge on any atom is 0.243 e. The van der Waals surface area contributed by atoms with Crippen LogP contribution in [0.4, 0.5) is 0 Å². The summed E-state index contributed by atoms with van der Waals surface area (Å²) < 4.78 is 34.3. The summed E-state index contributed by atoms with van der Waals surface area (Å²) in [6.45, 7) is 8.81. The van der Waals surface area contributed by atoms with Gasteiger partial charge in [-0.25, -0.2) is 8.42 Å². The fourth-order valence-corrected chi connectivity index (χ4v) is 6.25. The van der Waals surface area contributed by atoms with Crippen molar-refractivity contribution >= 4 is 33.5 Å². The third-order valence-electron chi connectivity index (χ3n) is 5.91. The summed E-state index contributed by atoms with van der Waals surface area (Å²) in [4.78, 5) is 24.3. The first-order valence-corrected chi connectivity index (χ1v) is 15.3. The van der Waals surface area contributed by atoms with Gasteiger partial charge in [-0.05, 0) is 49.7 Å². The molecule has 0 spiro atoms. The third-order valence-corrected chi connectivity index (χ3v) is 8.90. The summed E-state index contributed by atoms with van der Waals surface area (Å²) >= 11 is 1.26. The molecular formula is C27H35N5O5S2. The first kappa shape index (κ1) is 30.3. The summed E-state index contributed by atoms with van der Waals surface area (Å²) in [6, 6.07) is 13.6. The van der Waals surface area contributed by atoms with Crippen LogP contribution in [0.15, 0.2) is 58.6 Å². The Hall–Kier alpha value is -3.22. The van der Waals surface area contributed by atoms with Crippen molar-refractivity contribution in [1.29, 1.82) is 0 Å². The van der Waals surface area contributed by atoms with Crippen molar-refractivity contribution in [2.24, 2.45) is 0 Å². The Morgan fingerprint density at radius 3 is 2.26 bits per heavy atom. The van der Waals surface area contributed by atoms with Gasteiger partial charge in [0.15, 0.2) is 10.9 Å². The van der Waals surface area contributed by atoms with E-state index in [-0.39, 0.29) is 22.3 Å². The number of aromatic nitrogens is 3. The molecule has 0 saturated carbocycles. The molecular weight excluding hydrogens is 538 g/mol. The van der Waals surface area contributed by atoms with Gasteiger partial charge in [-0.3, -0.25) is 14.2 Å². The summed E-state index contributed by atoms with van der Waals surface area (Å²) in [7, 11) is -3.59. The maximum absolute atomic E-state index is 13.0. The molecule has 210 valence electrons. The molecule has 1 aromatic heterocycles. The Bertz CT molecular complexity index is 1350. The molecule has 2 aromatic carbocycles. The normalized spacial score (nSPS) is 11.5. The van der Waals surface area contributed by atoms with Crippen LogP contribution in [0, 0.1) is 0 Å². The van der Waals surface area contributed by atoms with Gasteiger partial charge in [-0.15, -0.1) is 10.2 Å². The summed E-state index contributed by atoms with van der Waals surface area (Å²) in [5.41, 5.74) is 1.25. The van der Waals surface area contributed by atoms with Gasteiger partial charge >= 0.3 is 0 Å².